The Morgan fingerprint density at radius 3 is 3.00 bits per heavy atom. The fourth-order valence-corrected chi connectivity index (χ4v) is 3.29. The molecule has 0 radical (unpaired) electrons. The minimum Gasteiger partial charge on any atom is -0.476 e. The number of hydrogen-bond donors (Lipinski definition) is 2. The second-order valence-electron chi connectivity index (χ2n) is 6.48. The maximum atomic E-state index is 10.9. The average molecular weight is 332 g/mol. The number of rotatable bonds is 6. The lowest BCUT2D eigenvalue weighted by molar-refractivity contribution is 0.0690. The lowest BCUT2D eigenvalue weighted by Gasteiger charge is -2.32. The van der Waals surface area contributed by atoms with Gasteiger partial charge in [-0.05, 0) is 32.2 Å². The SMILES string of the molecule is CCc1nc(CN2CCC[C@H](Cn3cc(C(=O)O)nn3)C2)c(C)[nH]1. The number of aromatic nitrogens is 5. The first-order valence-electron chi connectivity index (χ1n) is 8.45. The number of imidazole rings is 1. The Bertz CT molecular complexity index is 707. The molecule has 24 heavy (non-hydrogen) atoms. The lowest BCUT2D eigenvalue weighted by atomic mass is 9.98. The summed E-state index contributed by atoms with van der Waals surface area (Å²) >= 11 is 0. The Hall–Kier alpha value is -2.22. The number of piperidine rings is 1. The molecule has 0 bridgehead atoms. The first-order chi connectivity index (χ1) is 11.5. The Balaban J connectivity index is 1.59. The van der Waals surface area contributed by atoms with Gasteiger partial charge in [0.1, 0.15) is 5.82 Å². The summed E-state index contributed by atoms with van der Waals surface area (Å²) in [7, 11) is 0. The van der Waals surface area contributed by atoms with E-state index >= 15 is 0 Å². The van der Waals surface area contributed by atoms with Crippen molar-refractivity contribution < 1.29 is 9.90 Å². The average Bonchev–Trinajstić information content (AvgIpc) is 3.15. The van der Waals surface area contributed by atoms with Crippen molar-refractivity contribution in [2.24, 2.45) is 5.92 Å². The van der Waals surface area contributed by atoms with Gasteiger partial charge in [-0.3, -0.25) is 9.58 Å². The zero-order valence-corrected chi connectivity index (χ0v) is 14.2. The maximum Gasteiger partial charge on any atom is 0.358 e. The molecule has 130 valence electrons. The van der Waals surface area contributed by atoms with Crippen LogP contribution in [0.4, 0.5) is 0 Å². The number of hydrogen-bond acceptors (Lipinski definition) is 5. The predicted octanol–water partition coefficient (Wildman–Crippen LogP) is 1.48. The molecule has 0 aromatic carbocycles. The van der Waals surface area contributed by atoms with E-state index in [1.54, 1.807) is 4.68 Å². The summed E-state index contributed by atoms with van der Waals surface area (Å²) in [5.41, 5.74) is 2.28. The standard InChI is InChI=1S/C16H24N6O2/c1-3-15-17-11(2)13(18-15)9-21-6-4-5-12(7-21)8-22-10-14(16(23)24)19-20-22/h10,12H,3-9H2,1-2H3,(H,17,18)(H,23,24)/t12-/m0/s1. The van der Waals surface area contributed by atoms with Crippen molar-refractivity contribution in [1.82, 2.24) is 29.9 Å². The minimum absolute atomic E-state index is 0.00177. The van der Waals surface area contributed by atoms with Crippen molar-refractivity contribution >= 4 is 5.97 Å². The Labute approximate surface area is 140 Å². The molecular weight excluding hydrogens is 308 g/mol. The third-order valence-electron chi connectivity index (χ3n) is 4.55. The van der Waals surface area contributed by atoms with E-state index in [4.69, 9.17) is 5.11 Å². The van der Waals surface area contributed by atoms with Crippen LogP contribution in [0.2, 0.25) is 0 Å². The number of nitrogens with zero attached hydrogens (tertiary/aromatic N) is 5. The number of nitrogens with one attached hydrogen (secondary N) is 1. The monoisotopic (exact) mass is 332 g/mol. The van der Waals surface area contributed by atoms with Crippen LogP contribution in [0.15, 0.2) is 6.20 Å². The highest BCUT2D eigenvalue weighted by Gasteiger charge is 2.22. The molecule has 1 aliphatic rings. The van der Waals surface area contributed by atoms with Gasteiger partial charge >= 0.3 is 5.97 Å². The van der Waals surface area contributed by atoms with Gasteiger partial charge in [0.05, 0.1) is 11.9 Å². The van der Waals surface area contributed by atoms with E-state index in [9.17, 15) is 4.79 Å². The molecule has 2 aromatic heterocycles. The molecule has 3 heterocycles. The highest BCUT2D eigenvalue weighted by molar-refractivity contribution is 5.84. The number of aromatic amines is 1. The van der Waals surface area contributed by atoms with Crippen LogP contribution in [0.25, 0.3) is 0 Å². The van der Waals surface area contributed by atoms with E-state index in [0.717, 1.165) is 56.1 Å². The number of likely N-dealkylation sites (tertiary alicyclic amines) is 1. The van der Waals surface area contributed by atoms with Gasteiger partial charge < -0.3 is 10.1 Å². The molecule has 0 unspecified atom stereocenters. The van der Waals surface area contributed by atoms with E-state index < -0.39 is 5.97 Å². The van der Waals surface area contributed by atoms with E-state index in [1.807, 2.05) is 0 Å². The van der Waals surface area contributed by atoms with Gasteiger partial charge in [0.15, 0.2) is 5.69 Å². The van der Waals surface area contributed by atoms with Crippen LogP contribution in [0.5, 0.6) is 0 Å². The minimum atomic E-state index is -1.03. The highest BCUT2D eigenvalue weighted by atomic mass is 16.4. The van der Waals surface area contributed by atoms with Crippen LogP contribution in [0.1, 0.15) is 47.5 Å². The number of H-pyrrole nitrogens is 1. The van der Waals surface area contributed by atoms with Crippen molar-refractivity contribution in [3.8, 4) is 0 Å². The molecule has 0 amide bonds. The van der Waals surface area contributed by atoms with Crippen molar-refractivity contribution in [3.63, 3.8) is 0 Å². The van der Waals surface area contributed by atoms with Crippen molar-refractivity contribution in [2.75, 3.05) is 13.1 Å². The third kappa shape index (κ3) is 3.81. The molecule has 8 heteroatoms. The van der Waals surface area contributed by atoms with Crippen molar-refractivity contribution in [2.45, 2.75) is 46.2 Å². The molecule has 0 saturated carbocycles. The van der Waals surface area contributed by atoms with Gasteiger partial charge in [0.25, 0.3) is 0 Å². The van der Waals surface area contributed by atoms with Gasteiger partial charge in [-0.15, -0.1) is 5.10 Å². The van der Waals surface area contributed by atoms with Crippen LogP contribution in [-0.4, -0.2) is 54.0 Å². The van der Waals surface area contributed by atoms with Crippen LogP contribution >= 0.6 is 0 Å². The van der Waals surface area contributed by atoms with Gasteiger partial charge in [-0.2, -0.15) is 0 Å². The van der Waals surface area contributed by atoms with Gasteiger partial charge in [-0.1, -0.05) is 12.1 Å². The maximum absolute atomic E-state index is 10.9. The largest absolute Gasteiger partial charge is 0.476 e. The molecular formula is C16H24N6O2. The first-order valence-corrected chi connectivity index (χ1v) is 8.45. The summed E-state index contributed by atoms with van der Waals surface area (Å²) in [6.07, 6.45) is 4.68. The zero-order chi connectivity index (χ0) is 17.1. The van der Waals surface area contributed by atoms with Gasteiger partial charge in [-0.25, -0.2) is 9.78 Å². The normalized spacial score (nSPS) is 18.8. The van der Waals surface area contributed by atoms with Crippen LogP contribution in [0, 0.1) is 12.8 Å². The van der Waals surface area contributed by atoms with E-state index in [1.165, 1.54) is 6.20 Å². The van der Waals surface area contributed by atoms with Crippen LogP contribution in [-0.2, 0) is 19.5 Å². The number of carbonyl (C=O) groups is 1. The number of aryl methyl sites for hydroxylation is 2. The van der Waals surface area contributed by atoms with E-state index in [-0.39, 0.29) is 5.69 Å². The molecule has 3 rings (SSSR count). The number of carboxylic acid groups (broad SMARTS) is 1. The fraction of sp³-hybridized carbons (Fsp3) is 0.625. The van der Waals surface area contributed by atoms with E-state index in [2.05, 4.69) is 39.0 Å². The molecule has 1 saturated heterocycles. The van der Waals surface area contributed by atoms with Gasteiger partial charge in [0, 0.05) is 31.7 Å². The second-order valence-corrected chi connectivity index (χ2v) is 6.48. The Morgan fingerprint density at radius 1 is 1.50 bits per heavy atom. The summed E-state index contributed by atoms with van der Waals surface area (Å²) in [4.78, 5) is 21.3. The molecule has 2 aromatic rings. The summed E-state index contributed by atoms with van der Waals surface area (Å²) in [5, 5.41) is 16.5. The number of aromatic carboxylic acids is 1. The fourth-order valence-electron chi connectivity index (χ4n) is 3.29. The smallest absolute Gasteiger partial charge is 0.358 e. The molecule has 1 fully saturated rings. The highest BCUT2D eigenvalue weighted by Crippen LogP contribution is 2.20. The molecule has 1 aliphatic heterocycles. The van der Waals surface area contributed by atoms with Crippen molar-refractivity contribution in [3.05, 3.63) is 29.1 Å². The molecule has 0 spiro atoms. The molecule has 8 nitrogen and oxygen atoms in total. The summed E-state index contributed by atoms with van der Waals surface area (Å²) in [6.45, 7) is 7.78. The zero-order valence-electron chi connectivity index (χ0n) is 14.2. The molecule has 2 N–H and O–H groups in total. The summed E-state index contributed by atoms with van der Waals surface area (Å²) in [5.74, 6) is 0.458. The van der Waals surface area contributed by atoms with E-state index in [0.29, 0.717) is 12.5 Å². The number of carboxylic acids is 1. The molecule has 1 atom stereocenters. The predicted molar refractivity (Wildman–Crippen MR) is 87.7 cm³/mol. The quantitative estimate of drug-likeness (QED) is 0.831. The van der Waals surface area contributed by atoms with Crippen molar-refractivity contribution in [1.29, 1.82) is 0 Å². The van der Waals surface area contributed by atoms with Crippen LogP contribution in [0.3, 0.4) is 0 Å². The lowest BCUT2D eigenvalue weighted by Crippen LogP contribution is -2.36. The Kier molecular flexibility index (Phi) is 4.94. The van der Waals surface area contributed by atoms with Gasteiger partial charge in [0.2, 0.25) is 0 Å². The second kappa shape index (κ2) is 7.12. The summed E-state index contributed by atoms with van der Waals surface area (Å²) in [6, 6.07) is 0. The Morgan fingerprint density at radius 2 is 2.33 bits per heavy atom. The first kappa shape index (κ1) is 16.6. The topological polar surface area (TPSA) is 99.9 Å². The summed E-state index contributed by atoms with van der Waals surface area (Å²) < 4.78 is 1.65. The molecule has 0 aliphatic carbocycles. The third-order valence-corrected chi connectivity index (χ3v) is 4.55. The van der Waals surface area contributed by atoms with Crippen LogP contribution < -0.4 is 0 Å².